The zero-order valence-corrected chi connectivity index (χ0v) is 17.3. The Kier molecular flexibility index (Phi) is 4.99. The van der Waals surface area contributed by atoms with Crippen LogP contribution in [-0.2, 0) is 12.8 Å². The standard InChI is InChI=1S/C22H27N5S/c1-2-10-26-11-5-12-27(14-13-26)21-19-17-7-3-8-18(17)28-22(19)25-20(24-21)16-6-4-9-23-15-16/h4,6,9,15H,2-3,5,7-8,10-14H2,1H3. The Balaban J connectivity index is 1.59. The van der Waals surface area contributed by atoms with Crippen LogP contribution in [0.2, 0.25) is 0 Å². The van der Waals surface area contributed by atoms with Crippen LogP contribution in [0.25, 0.3) is 21.6 Å². The van der Waals surface area contributed by atoms with Crippen molar-refractivity contribution in [3.63, 3.8) is 0 Å². The summed E-state index contributed by atoms with van der Waals surface area (Å²) < 4.78 is 0. The molecule has 0 saturated carbocycles. The highest BCUT2D eigenvalue weighted by atomic mass is 32.1. The molecule has 0 aromatic carbocycles. The van der Waals surface area contributed by atoms with Gasteiger partial charge in [-0.15, -0.1) is 11.3 Å². The van der Waals surface area contributed by atoms with Gasteiger partial charge < -0.3 is 9.80 Å². The number of hydrogen-bond donors (Lipinski definition) is 0. The molecule has 1 aliphatic carbocycles. The maximum atomic E-state index is 5.12. The maximum Gasteiger partial charge on any atom is 0.164 e. The van der Waals surface area contributed by atoms with Gasteiger partial charge >= 0.3 is 0 Å². The Morgan fingerprint density at radius 1 is 1.07 bits per heavy atom. The molecule has 0 radical (unpaired) electrons. The minimum absolute atomic E-state index is 0.810. The largest absolute Gasteiger partial charge is 0.355 e. The van der Waals surface area contributed by atoms with Gasteiger partial charge in [0.2, 0.25) is 0 Å². The molecule has 28 heavy (non-hydrogen) atoms. The highest BCUT2D eigenvalue weighted by molar-refractivity contribution is 7.19. The maximum absolute atomic E-state index is 5.12. The Morgan fingerprint density at radius 3 is 2.89 bits per heavy atom. The lowest BCUT2D eigenvalue weighted by atomic mass is 10.1. The molecule has 4 heterocycles. The molecule has 0 unspecified atom stereocenters. The van der Waals surface area contributed by atoms with Gasteiger partial charge in [0.1, 0.15) is 10.6 Å². The molecule has 3 aromatic heterocycles. The van der Waals surface area contributed by atoms with Crippen molar-refractivity contribution in [2.45, 2.75) is 39.0 Å². The van der Waals surface area contributed by atoms with Gasteiger partial charge in [-0.1, -0.05) is 6.92 Å². The summed E-state index contributed by atoms with van der Waals surface area (Å²) in [6, 6.07) is 4.02. The first-order chi connectivity index (χ1) is 13.8. The molecule has 6 heteroatoms. The van der Waals surface area contributed by atoms with E-state index in [0.29, 0.717) is 0 Å². The van der Waals surface area contributed by atoms with E-state index in [2.05, 4.69) is 27.8 Å². The third-order valence-corrected chi connectivity index (χ3v) is 7.08. The zero-order valence-electron chi connectivity index (χ0n) is 16.5. The second kappa shape index (κ2) is 7.76. The van der Waals surface area contributed by atoms with E-state index in [9.17, 15) is 0 Å². The number of hydrogen-bond acceptors (Lipinski definition) is 6. The van der Waals surface area contributed by atoms with Crippen molar-refractivity contribution in [1.29, 1.82) is 0 Å². The molecular weight excluding hydrogens is 366 g/mol. The van der Waals surface area contributed by atoms with E-state index in [1.54, 1.807) is 6.20 Å². The third-order valence-electron chi connectivity index (χ3n) is 5.89. The van der Waals surface area contributed by atoms with Gasteiger partial charge in [-0.3, -0.25) is 4.98 Å². The summed E-state index contributed by atoms with van der Waals surface area (Å²) in [5, 5.41) is 1.33. The van der Waals surface area contributed by atoms with E-state index >= 15 is 0 Å². The van der Waals surface area contributed by atoms with Crippen molar-refractivity contribution in [3.05, 3.63) is 35.0 Å². The molecule has 5 nitrogen and oxygen atoms in total. The Labute approximate surface area is 170 Å². The van der Waals surface area contributed by atoms with Crippen LogP contribution in [-0.4, -0.2) is 52.6 Å². The summed E-state index contributed by atoms with van der Waals surface area (Å²) >= 11 is 1.88. The number of thiophene rings is 1. The van der Waals surface area contributed by atoms with Gasteiger partial charge in [0.05, 0.1) is 5.39 Å². The molecule has 5 rings (SSSR count). The van der Waals surface area contributed by atoms with Crippen LogP contribution in [0.15, 0.2) is 24.5 Å². The van der Waals surface area contributed by atoms with E-state index in [-0.39, 0.29) is 0 Å². The van der Waals surface area contributed by atoms with Crippen molar-refractivity contribution in [2.75, 3.05) is 37.6 Å². The number of nitrogens with zero attached hydrogens (tertiary/aromatic N) is 5. The number of fused-ring (bicyclic) bond motifs is 3. The summed E-state index contributed by atoms with van der Waals surface area (Å²) in [4.78, 5) is 22.2. The van der Waals surface area contributed by atoms with Crippen LogP contribution in [0.4, 0.5) is 5.82 Å². The summed E-state index contributed by atoms with van der Waals surface area (Å²) in [6.45, 7) is 7.89. The summed E-state index contributed by atoms with van der Waals surface area (Å²) in [5.41, 5.74) is 2.52. The Hall–Kier alpha value is -2.05. The van der Waals surface area contributed by atoms with E-state index in [1.165, 1.54) is 61.0 Å². The Morgan fingerprint density at radius 2 is 2.04 bits per heavy atom. The fraction of sp³-hybridized carbons (Fsp3) is 0.500. The topological polar surface area (TPSA) is 45.2 Å². The van der Waals surface area contributed by atoms with Gasteiger partial charge in [0.15, 0.2) is 5.82 Å². The van der Waals surface area contributed by atoms with Crippen LogP contribution < -0.4 is 4.90 Å². The predicted octanol–water partition coefficient (Wildman–Crippen LogP) is 4.16. The fourth-order valence-corrected chi connectivity index (χ4v) is 5.81. The van der Waals surface area contributed by atoms with Crippen LogP contribution in [0.1, 0.15) is 36.6 Å². The summed E-state index contributed by atoms with van der Waals surface area (Å²) in [6.07, 6.45) is 9.74. The quantitative estimate of drug-likeness (QED) is 0.666. The molecular formula is C22H27N5S. The second-order valence-corrected chi connectivity index (χ2v) is 8.92. The lowest BCUT2D eigenvalue weighted by Gasteiger charge is -2.24. The predicted molar refractivity (Wildman–Crippen MR) is 116 cm³/mol. The van der Waals surface area contributed by atoms with E-state index in [0.717, 1.165) is 41.7 Å². The lowest BCUT2D eigenvalue weighted by Crippen LogP contribution is -2.31. The molecule has 0 spiro atoms. The molecule has 146 valence electrons. The second-order valence-electron chi connectivity index (χ2n) is 7.83. The average Bonchev–Trinajstić information content (AvgIpc) is 3.23. The van der Waals surface area contributed by atoms with Crippen molar-refractivity contribution >= 4 is 27.4 Å². The van der Waals surface area contributed by atoms with E-state index in [1.807, 2.05) is 23.6 Å². The first-order valence-corrected chi connectivity index (χ1v) is 11.3. The summed E-state index contributed by atoms with van der Waals surface area (Å²) in [7, 11) is 0. The smallest absolute Gasteiger partial charge is 0.164 e. The lowest BCUT2D eigenvalue weighted by molar-refractivity contribution is 0.294. The van der Waals surface area contributed by atoms with Crippen molar-refractivity contribution in [1.82, 2.24) is 19.9 Å². The molecule has 0 bridgehead atoms. The summed E-state index contributed by atoms with van der Waals surface area (Å²) in [5.74, 6) is 1.96. The van der Waals surface area contributed by atoms with Gasteiger partial charge in [-0.2, -0.15) is 0 Å². The number of aromatic nitrogens is 3. The highest BCUT2D eigenvalue weighted by Crippen LogP contribution is 2.41. The molecule has 1 saturated heterocycles. The van der Waals surface area contributed by atoms with Crippen LogP contribution >= 0.6 is 11.3 Å². The molecule has 0 atom stereocenters. The highest BCUT2D eigenvalue weighted by Gasteiger charge is 2.26. The normalized spacial score (nSPS) is 17.8. The Bertz CT molecular complexity index is 968. The van der Waals surface area contributed by atoms with E-state index < -0.39 is 0 Å². The molecule has 3 aromatic rings. The minimum atomic E-state index is 0.810. The molecule has 0 amide bonds. The molecule has 2 aliphatic rings. The van der Waals surface area contributed by atoms with Gasteiger partial charge in [0, 0.05) is 42.5 Å². The number of anilines is 1. The van der Waals surface area contributed by atoms with E-state index in [4.69, 9.17) is 9.97 Å². The van der Waals surface area contributed by atoms with Gasteiger partial charge in [0.25, 0.3) is 0 Å². The third kappa shape index (κ3) is 3.29. The molecule has 1 aliphatic heterocycles. The fourth-order valence-electron chi connectivity index (χ4n) is 4.55. The van der Waals surface area contributed by atoms with Crippen LogP contribution in [0, 0.1) is 0 Å². The number of pyridine rings is 1. The van der Waals surface area contributed by atoms with Crippen LogP contribution in [0.5, 0.6) is 0 Å². The van der Waals surface area contributed by atoms with Crippen LogP contribution in [0.3, 0.4) is 0 Å². The SMILES string of the molecule is CCCN1CCCN(c2nc(-c3cccnc3)nc3sc4c(c23)CCC4)CC1. The molecule has 0 N–H and O–H groups in total. The number of aryl methyl sites for hydroxylation is 2. The van der Waals surface area contributed by atoms with Crippen molar-refractivity contribution in [3.8, 4) is 11.4 Å². The minimum Gasteiger partial charge on any atom is -0.355 e. The average molecular weight is 394 g/mol. The van der Waals surface area contributed by atoms with Crippen molar-refractivity contribution < 1.29 is 0 Å². The first-order valence-electron chi connectivity index (χ1n) is 10.5. The van der Waals surface area contributed by atoms with Crippen molar-refractivity contribution in [2.24, 2.45) is 0 Å². The molecule has 1 fully saturated rings. The monoisotopic (exact) mass is 393 g/mol. The zero-order chi connectivity index (χ0) is 18.9. The van der Waals surface area contributed by atoms with Gasteiger partial charge in [-0.25, -0.2) is 9.97 Å². The first kappa shape index (κ1) is 18.0. The van der Waals surface area contributed by atoms with Gasteiger partial charge in [-0.05, 0) is 62.9 Å². The number of rotatable bonds is 4.